The highest BCUT2D eigenvalue weighted by molar-refractivity contribution is 5.79. The molecule has 1 aromatic carbocycles. The molecular weight excluding hydrogens is 252 g/mol. The Morgan fingerprint density at radius 1 is 1.40 bits per heavy atom. The van der Waals surface area contributed by atoms with Gasteiger partial charge in [0.2, 0.25) is 0 Å². The number of hydrogen-bond donors (Lipinski definition) is 2. The van der Waals surface area contributed by atoms with Crippen LogP contribution in [0, 0.1) is 6.92 Å². The maximum atomic E-state index is 12.0. The van der Waals surface area contributed by atoms with Gasteiger partial charge >= 0.3 is 0 Å². The van der Waals surface area contributed by atoms with Crippen molar-refractivity contribution in [3.8, 4) is 0 Å². The molecule has 4 nitrogen and oxygen atoms in total. The molecule has 2 aromatic rings. The first-order chi connectivity index (χ1) is 9.72. The minimum Gasteiger partial charge on any atom is -0.377 e. The van der Waals surface area contributed by atoms with Crippen LogP contribution in [-0.4, -0.2) is 24.2 Å². The molecule has 1 fully saturated rings. The van der Waals surface area contributed by atoms with Gasteiger partial charge in [-0.2, -0.15) is 0 Å². The molecule has 0 aliphatic carbocycles. The van der Waals surface area contributed by atoms with Crippen molar-refractivity contribution in [1.82, 2.24) is 10.3 Å². The maximum absolute atomic E-state index is 12.0. The van der Waals surface area contributed by atoms with Crippen LogP contribution >= 0.6 is 0 Å². The zero-order chi connectivity index (χ0) is 13.9. The molecule has 0 amide bonds. The topological polar surface area (TPSA) is 54.1 Å². The molecule has 0 unspecified atom stereocenters. The summed E-state index contributed by atoms with van der Waals surface area (Å²) < 4.78 is 5.56. The van der Waals surface area contributed by atoms with Gasteiger partial charge < -0.3 is 15.0 Å². The molecule has 3 rings (SSSR count). The zero-order valence-corrected chi connectivity index (χ0v) is 11.7. The van der Waals surface area contributed by atoms with Gasteiger partial charge in [-0.05, 0) is 43.4 Å². The average molecular weight is 272 g/mol. The van der Waals surface area contributed by atoms with Gasteiger partial charge in [-0.15, -0.1) is 0 Å². The second-order valence-electron chi connectivity index (χ2n) is 5.48. The predicted molar refractivity (Wildman–Crippen MR) is 80.0 cm³/mol. The van der Waals surface area contributed by atoms with Gasteiger partial charge in [-0.25, -0.2) is 0 Å². The number of aryl methyl sites for hydroxylation is 1. The molecule has 4 heteroatoms. The fourth-order valence-electron chi connectivity index (χ4n) is 2.68. The van der Waals surface area contributed by atoms with E-state index in [0.717, 1.165) is 42.5 Å². The van der Waals surface area contributed by atoms with E-state index >= 15 is 0 Å². The van der Waals surface area contributed by atoms with Gasteiger partial charge in [0.25, 0.3) is 5.56 Å². The van der Waals surface area contributed by atoms with E-state index in [9.17, 15) is 4.79 Å². The molecule has 20 heavy (non-hydrogen) atoms. The second-order valence-corrected chi connectivity index (χ2v) is 5.48. The number of rotatable bonds is 4. The summed E-state index contributed by atoms with van der Waals surface area (Å²) >= 11 is 0. The van der Waals surface area contributed by atoms with Crippen LogP contribution in [0.4, 0.5) is 0 Å². The second kappa shape index (κ2) is 5.77. The number of benzene rings is 1. The van der Waals surface area contributed by atoms with Crippen LogP contribution in [0.15, 0.2) is 29.1 Å². The number of aromatic amines is 1. The quantitative estimate of drug-likeness (QED) is 0.896. The Bertz CT molecular complexity index is 657. The number of ether oxygens (including phenoxy) is 1. The highest BCUT2D eigenvalue weighted by Gasteiger charge is 2.14. The molecular formula is C16H20N2O2. The van der Waals surface area contributed by atoms with Crippen LogP contribution in [0.25, 0.3) is 10.9 Å². The van der Waals surface area contributed by atoms with E-state index in [4.69, 9.17) is 4.74 Å². The lowest BCUT2D eigenvalue weighted by molar-refractivity contribution is 0.110. The Kier molecular flexibility index (Phi) is 3.85. The minimum atomic E-state index is -0.0128. The number of H-pyrrole nitrogens is 1. The Morgan fingerprint density at radius 3 is 3.10 bits per heavy atom. The Morgan fingerprint density at radius 2 is 2.30 bits per heavy atom. The first-order valence-electron chi connectivity index (χ1n) is 7.17. The first-order valence-corrected chi connectivity index (χ1v) is 7.17. The van der Waals surface area contributed by atoms with E-state index in [2.05, 4.69) is 23.3 Å². The van der Waals surface area contributed by atoms with Crippen LogP contribution in [0.3, 0.4) is 0 Å². The summed E-state index contributed by atoms with van der Waals surface area (Å²) in [5.41, 5.74) is 2.86. The minimum absolute atomic E-state index is 0.0128. The zero-order valence-electron chi connectivity index (χ0n) is 11.7. The lowest BCUT2D eigenvalue weighted by Gasteiger charge is -2.10. The number of fused-ring (bicyclic) bond motifs is 1. The molecule has 1 aliphatic heterocycles. The molecule has 1 saturated heterocycles. The van der Waals surface area contributed by atoms with Crippen molar-refractivity contribution >= 4 is 10.9 Å². The Hall–Kier alpha value is -1.65. The van der Waals surface area contributed by atoms with Crippen molar-refractivity contribution in [1.29, 1.82) is 0 Å². The van der Waals surface area contributed by atoms with E-state index < -0.39 is 0 Å². The lowest BCUT2D eigenvalue weighted by atomic mass is 10.1. The van der Waals surface area contributed by atoms with E-state index in [0.29, 0.717) is 12.6 Å². The third-order valence-electron chi connectivity index (χ3n) is 3.79. The molecule has 0 spiro atoms. The normalized spacial score (nSPS) is 18.8. The third-order valence-corrected chi connectivity index (χ3v) is 3.79. The summed E-state index contributed by atoms with van der Waals surface area (Å²) in [7, 11) is 0. The average Bonchev–Trinajstić information content (AvgIpc) is 2.93. The van der Waals surface area contributed by atoms with Crippen LogP contribution < -0.4 is 10.9 Å². The largest absolute Gasteiger partial charge is 0.377 e. The molecule has 1 aliphatic rings. The van der Waals surface area contributed by atoms with E-state index in [1.165, 1.54) is 5.56 Å². The van der Waals surface area contributed by atoms with E-state index in [1.807, 2.05) is 18.2 Å². The molecule has 2 heterocycles. The smallest absolute Gasteiger partial charge is 0.252 e. The monoisotopic (exact) mass is 272 g/mol. The van der Waals surface area contributed by atoms with Crippen LogP contribution in [-0.2, 0) is 11.3 Å². The molecule has 0 saturated carbocycles. The summed E-state index contributed by atoms with van der Waals surface area (Å²) in [5.74, 6) is 0. The maximum Gasteiger partial charge on any atom is 0.252 e. The van der Waals surface area contributed by atoms with Gasteiger partial charge in [0.15, 0.2) is 0 Å². The Balaban J connectivity index is 1.73. The highest BCUT2D eigenvalue weighted by Crippen LogP contribution is 2.13. The summed E-state index contributed by atoms with van der Waals surface area (Å²) in [5, 5.41) is 4.40. The van der Waals surface area contributed by atoms with Crippen molar-refractivity contribution in [3.05, 3.63) is 45.7 Å². The number of pyridine rings is 1. The van der Waals surface area contributed by atoms with Crippen LogP contribution in [0.5, 0.6) is 0 Å². The van der Waals surface area contributed by atoms with Gasteiger partial charge in [-0.3, -0.25) is 4.79 Å². The molecule has 1 atom stereocenters. The molecule has 106 valence electrons. The van der Waals surface area contributed by atoms with Crippen molar-refractivity contribution in [2.45, 2.75) is 32.4 Å². The van der Waals surface area contributed by atoms with Crippen molar-refractivity contribution in [2.75, 3.05) is 13.2 Å². The van der Waals surface area contributed by atoms with E-state index in [1.54, 1.807) is 0 Å². The number of hydrogen-bond acceptors (Lipinski definition) is 3. The summed E-state index contributed by atoms with van der Waals surface area (Å²) in [6, 6.07) is 8.03. The fraction of sp³-hybridized carbons (Fsp3) is 0.438. The third kappa shape index (κ3) is 2.92. The van der Waals surface area contributed by atoms with Crippen LogP contribution in [0.2, 0.25) is 0 Å². The summed E-state index contributed by atoms with van der Waals surface area (Å²) in [6.07, 6.45) is 2.56. The first kappa shape index (κ1) is 13.3. The summed E-state index contributed by atoms with van der Waals surface area (Å²) in [4.78, 5) is 15.0. The molecule has 2 N–H and O–H groups in total. The molecule has 0 radical (unpaired) electrons. The number of aromatic nitrogens is 1. The molecule has 1 aromatic heterocycles. The van der Waals surface area contributed by atoms with Gasteiger partial charge in [0, 0.05) is 30.8 Å². The number of nitrogens with one attached hydrogen (secondary N) is 2. The van der Waals surface area contributed by atoms with E-state index in [-0.39, 0.29) is 5.56 Å². The standard InChI is InChI=1S/C16H20N2O2/c1-11-4-5-15-12(7-11)8-13(16(19)18-15)9-17-10-14-3-2-6-20-14/h4-5,7-8,14,17H,2-3,6,9-10H2,1H3,(H,18,19)/t14-/m1/s1. The summed E-state index contributed by atoms with van der Waals surface area (Å²) in [6.45, 7) is 4.31. The van der Waals surface area contributed by atoms with Gasteiger partial charge in [0.05, 0.1) is 6.10 Å². The van der Waals surface area contributed by atoms with Crippen LogP contribution in [0.1, 0.15) is 24.0 Å². The van der Waals surface area contributed by atoms with Crippen molar-refractivity contribution in [2.24, 2.45) is 0 Å². The fourth-order valence-corrected chi connectivity index (χ4v) is 2.68. The Labute approximate surface area is 118 Å². The highest BCUT2D eigenvalue weighted by atomic mass is 16.5. The predicted octanol–water partition coefficient (Wildman–Crippen LogP) is 2.11. The van der Waals surface area contributed by atoms with Gasteiger partial charge in [0.1, 0.15) is 0 Å². The van der Waals surface area contributed by atoms with Crippen molar-refractivity contribution in [3.63, 3.8) is 0 Å². The molecule has 0 bridgehead atoms. The van der Waals surface area contributed by atoms with Gasteiger partial charge in [-0.1, -0.05) is 11.6 Å². The van der Waals surface area contributed by atoms with Crippen molar-refractivity contribution < 1.29 is 4.74 Å². The SMILES string of the molecule is Cc1ccc2[nH]c(=O)c(CNC[C@H]3CCCO3)cc2c1. The lowest BCUT2D eigenvalue weighted by Crippen LogP contribution is -2.28.